The number of nitrogens with zero attached hydrogens (tertiary/aromatic N) is 2. The molecule has 0 radical (unpaired) electrons. The minimum Gasteiger partial charge on any atom is -0.461 e. The van der Waals surface area contributed by atoms with Gasteiger partial charge in [-0.2, -0.15) is 13.2 Å². The molecule has 0 fully saturated rings. The fourth-order valence-electron chi connectivity index (χ4n) is 2.60. The van der Waals surface area contributed by atoms with Gasteiger partial charge in [0, 0.05) is 12.6 Å². The van der Waals surface area contributed by atoms with Gasteiger partial charge in [-0.15, -0.1) is 0 Å². The minimum atomic E-state index is -4.46. The van der Waals surface area contributed by atoms with Gasteiger partial charge in [-0.25, -0.2) is 18.6 Å². The number of alkyl halides is 3. The van der Waals surface area contributed by atoms with Gasteiger partial charge in [-0.1, -0.05) is 13.8 Å². The largest absolute Gasteiger partial charge is 0.461 e. The highest BCUT2D eigenvalue weighted by molar-refractivity contribution is 5.87. The molecule has 0 bridgehead atoms. The van der Waals surface area contributed by atoms with Gasteiger partial charge in [0.25, 0.3) is 0 Å². The van der Waals surface area contributed by atoms with Crippen molar-refractivity contribution in [2.75, 3.05) is 6.61 Å². The molecule has 2 rings (SSSR count). The highest BCUT2D eigenvalue weighted by atomic mass is 19.4. The van der Waals surface area contributed by atoms with E-state index < -0.39 is 41.8 Å². The Bertz CT molecular complexity index is 807. The first kappa shape index (κ1) is 20.9. The fraction of sp³-hybridized carbons (Fsp3) is 0.444. The minimum absolute atomic E-state index is 0.109. The summed E-state index contributed by atoms with van der Waals surface area (Å²) >= 11 is 0. The quantitative estimate of drug-likeness (QED) is 0.534. The summed E-state index contributed by atoms with van der Waals surface area (Å²) in [5, 5.41) is 0. The van der Waals surface area contributed by atoms with Gasteiger partial charge in [0.1, 0.15) is 11.5 Å². The summed E-state index contributed by atoms with van der Waals surface area (Å²) < 4.78 is 73.0. The van der Waals surface area contributed by atoms with Crippen LogP contribution in [0, 0.1) is 17.6 Å². The monoisotopic (exact) mass is 390 g/mol. The number of hydrogen-bond acceptors (Lipinski definition) is 3. The summed E-state index contributed by atoms with van der Waals surface area (Å²) in [6.07, 6.45) is -3.59. The molecule has 1 atom stereocenters. The molecule has 1 aromatic heterocycles. The zero-order chi connectivity index (χ0) is 20.4. The average Bonchev–Trinajstić information content (AvgIpc) is 2.97. The van der Waals surface area contributed by atoms with Crippen molar-refractivity contribution in [3.8, 4) is 5.69 Å². The molecule has 0 amide bonds. The van der Waals surface area contributed by atoms with E-state index in [4.69, 9.17) is 4.74 Å². The number of carbonyl (C=O) groups is 1. The van der Waals surface area contributed by atoms with E-state index in [0.29, 0.717) is 0 Å². The van der Waals surface area contributed by atoms with Gasteiger partial charge in [-0.3, -0.25) is 4.57 Å². The number of benzene rings is 1. The summed E-state index contributed by atoms with van der Waals surface area (Å²) in [6, 6.07) is 1.73. The van der Waals surface area contributed by atoms with Crippen molar-refractivity contribution < 1.29 is 31.5 Å². The number of halogens is 5. The van der Waals surface area contributed by atoms with E-state index in [1.807, 2.05) is 0 Å². The Morgan fingerprint density at radius 2 is 1.81 bits per heavy atom. The molecule has 1 heterocycles. The number of aromatic nitrogens is 2. The standard InChI is InChI=1S/C18H19F5N2O2/c1-4-15-24-14(17(26)27-5-2)9-25(15)16-12(19)7-11(8-13(16)20)6-10(3)18(21,22)23/h7-10H,4-6H2,1-3H3. The van der Waals surface area contributed by atoms with Gasteiger partial charge in [0.05, 0.1) is 12.5 Å². The normalized spacial score (nSPS) is 12.9. The molecule has 0 N–H and O–H groups in total. The molecule has 4 nitrogen and oxygen atoms in total. The maximum Gasteiger partial charge on any atom is 0.391 e. The van der Waals surface area contributed by atoms with Crippen LogP contribution in [0.5, 0.6) is 0 Å². The third kappa shape index (κ3) is 4.64. The predicted octanol–water partition coefficient (Wildman–Crippen LogP) is 4.63. The van der Waals surface area contributed by atoms with Gasteiger partial charge < -0.3 is 4.74 Å². The van der Waals surface area contributed by atoms with Crippen LogP contribution < -0.4 is 0 Å². The van der Waals surface area contributed by atoms with Crippen LogP contribution in [0.1, 0.15) is 42.6 Å². The van der Waals surface area contributed by atoms with Crippen LogP contribution in [-0.2, 0) is 17.6 Å². The number of imidazole rings is 1. The molecule has 0 saturated carbocycles. The van der Waals surface area contributed by atoms with E-state index in [-0.39, 0.29) is 30.1 Å². The molecular formula is C18H19F5N2O2. The maximum absolute atomic E-state index is 14.5. The highest BCUT2D eigenvalue weighted by Crippen LogP contribution is 2.30. The number of esters is 1. The van der Waals surface area contributed by atoms with E-state index in [0.717, 1.165) is 29.8 Å². The highest BCUT2D eigenvalue weighted by Gasteiger charge is 2.36. The van der Waals surface area contributed by atoms with E-state index in [9.17, 15) is 26.7 Å². The molecule has 2 aromatic rings. The summed E-state index contributed by atoms with van der Waals surface area (Å²) in [6.45, 7) is 4.35. The van der Waals surface area contributed by atoms with Gasteiger partial charge in [0.15, 0.2) is 17.3 Å². The van der Waals surface area contributed by atoms with Gasteiger partial charge >= 0.3 is 12.1 Å². The van der Waals surface area contributed by atoms with E-state index >= 15 is 0 Å². The second-order valence-electron chi connectivity index (χ2n) is 6.04. The first-order valence-electron chi connectivity index (χ1n) is 8.38. The smallest absolute Gasteiger partial charge is 0.391 e. The van der Waals surface area contributed by atoms with Crippen LogP contribution in [-0.4, -0.2) is 28.3 Å². The Balaban J connectivity index is 2.44. The summed E-state index contributed by atoms with van der Waals surface area (Å²) in [5.41, 5.74) is -0.720. The SMILES string of the molecule is CCOC(=O)c1cn(-c2c(F)cc(CC(C)C(F)(F)F)cc2F)c(CC)n1. The molecule has 9 heteroatoms. The van der Waals surface area contributed by atoms with Gasteiger partial charge in [0.2, 0.25) is 0 Å². The van der Waals surface area contributed by atoms with E-state index in [1.165, 1.54) is 0 Å². The molecule has 0 aliphatic carbocycles. The van der Waals surface area contributed by atoms with Crippen molar-refractivity contribution in [2.24, 2.45) is 5.92 Å². The van der Waals surface area contributed by atoms with E-state index in [1.54, 1.807) is 13.8 Å². The van der Waals surface area contributed by atoms with Crippen molar-refractivity contribution in [2.45, 2.75) is 39.8 Å². The molecule has 0 spiro atoms. The van der Waals surface area contributed by atoms with Crippen LogP contribution >= 0.6 is 0 Å². The summed E-state index contributed by atoms with van der Waals surface area (Å²) in [7, 11) is 0. The number of aryl methyl sites for hydroxylation is 1. The van der Waals surface area contributed by atoms with Crippen LogP contribution in [0.25, 0.3) is 5.69 Å². The third-order valence-corrected chi connectivity index (χ3v) is 4.00. The Morgan fingerprint density at radius 3 is 2.30 bits per heavy atom. The second-order valence-corrected chi connectivity index (χ2v) is 6.04. The fourth-order valence-corrected chi connectivity index (χ4v) is 2.60. The molecule has 27 heavy (non-hydrogen) atoms. The average molecular weight is 390 g/mol. The van der Waals surface area contributed by atoms with Crippen LogP contribution in [0.3, 0.4) is 0 Å². The Labute approximate surface area is 153 Å². The van der Waals surface area contributed by atoms with Crippen molar-refractivity contribution in [3.05, 3.63) is 47.0 Å². The second kappa shape index (κ2) is 8.06. The lowest BCUT2D eigenvalue weighted by Gasteiger charge is -2.16. The van der Waals surface area contributed by atoms with Crippen molar-refractivity contribution >= 4 is 5.97 Å². The lowest BCUT2D eigenvalue weighted by Crippen LogP contribution is -2.22. The molecule has 0 aliphatic rings. The Kier molecular flexibility index (Phi) is 6.22. The molecule has 0 aliphatic heterocycles. The number of hydrogen-bond donors (Lipinski definition) is 0. The molecule has 1 unspecified atom stereocenters. The first-order valence-corrected chi connectivity index (χ1v) is 8.38. The summed E-state index contributed by atoms with van der Waals surface area (Å²) in [4.78, 5) is 15.8. The van der Waals surface area contributed by atoms with Crippen LogP contribution in [0.2, 0.25) is 0 Å². The third-order valence-electron chi connectivity index (χ3n) is 4.00. The van der Waals surface area contributed by atoms with Crippen molar-refractivity contribution in [3.63, 3.8) is 0 Å². The predicted molar refractivity (Wildman–Crippen MR) is 87.7 cm³/mol. The van der Waals surface area contributed by atoms with Crippen molar-refractivity contribution in [1.29, 1.82) is 0 Å². The van der Waals surface area contributed by atoms with Crippen molar-refractivity contribution in [1.82, 2.24) is 9.55 Å². The Hall–Kier alpha value is -2.45. The van der Waals surface area contributed by atoms with Crippen LogP contribution in [0.15, 0.2) is 18.3 Å². The zero-order valence-electron chi connectivity index (χ0n) is 15.0. The molecule has 0 saturated heterocycles. The molecule has 148 valence electrons. The van der Waals surface area contributed by atoms with E-state index in [2.05, 4.69) is 4.98 Å². The molecule has 1 aromatic carbocycles. The maximum atomic E-state index is 14.5. The first-order chi connectivity index (χ1) is 12.6. The van der Waals surface area contributed by atoms with Crippen LogP contribution in [0.4, 0.5) is 22.0 Å². The molecular weight excluding hydrogens is 371 g/mol. The lowest BCUT2D eigenvalue weighted by molar-refractivity contribution is -0.169. The van der Waals surface area contributed by atoms with Gasteiger partial charge in [-0.05, 0) is 31.0 Å². The number of rotatable bonds is 6. The topological polar surface area (TPSA) is 44.1 Å². The number of carbonyl (C=O) groups excluding carboxylic acids is 1. The number of ether oxygens (including phenoxy) is 1. The Morgan fingerprint density at radius 1 is 1.22 bits per heavy atom. The zero-order valence-corrected chi connectivity index (χ0v) is 15.0. The lowest BCUT2D eigenvalue weighted by atomic mass is 10.00. The summed E-state index contributed by atoms with van der Waals surface area (Å²) in [5.74, 6) is -4.34.